The standard InChI is InChI=1S/C12H10FN3O2/c13-8-6-9-7(1-3-14-9)5-10(8)16-4-2-11(17)15-12(16)18/h1,3,5-6,14H,2,4H2,(H,15,17,18). The van der Waals surface area contributed by atoms with E-state index in [9.17, 15) is 14.0 Å². The molecule has 0 radical (unpaired) electrons. The van der Waals surface area contributed by atoms with Gasteiger partial charge >= 0.3 is 6.03 Å². The van der Waals surface area contributed by atoms with Crippen molar-refractivity contribution in [2.45, 2.75) is 6.42 Å². The molecule has 1 aromatic heterocycles. The number of anilines is 1. The Labute approximate surface area is 102 Å². The maximum Gasteiger partial charge on any atom is 0.328 e. The van der Waals surface area contributed by atoms with Gasteiger partial charge in [0.1, 0.15) is 5.82 Å². The first-order valence-electron chi connectivity index (χ1n) is 5.53. The lowest BCUT2D eigenvalue weighted by Crippen LogP contribution is -2.49. The predicted molar refractivity (Wildman–Crippen MR) is 63.8 cm³/mol. The highest BCUT2D eigenvalue weighted by atomic mass is 19.1. The zero-order valence-corrected chi connectivity index (χ0v) is 9.37. The molecule has 1 saturated heterocycles. The van der Waals surface area contributed by atoms with Crippen LogP contribution in [0.2, 0.25) is 0 Å². The molecule has 0 bridgehead atoms. The van der Waals surface area contributed by atoms with Crippen LogP contribution in [0.25, 0.3) is 10.9 Å². The van der Waals surface area contributed by atoms with Crippen LogP contribution in [-0.4, -0.2) is 23.5 Å². The van der Waals surface area contributed by atoms with E-state index in [2.05, 4.69) is 10.3 Å². The van der Waals surface area contributed by atoms with Gasteiger partial charge < -0.3 is 4.98 Å². The molecule has 92 valence electrons. The highest BCUT2D eigenvalue weighted by Crippen LogP contribution is 2.26. The summed E-state index contributed by atoms with van der Waals surface area (Å²) >= 11 is 0. The number of carbonyl (C=O) groups is 2. The molecule has 0 atom stereocenters. The number of halogens is 1. The SMILES string of the molecule is O=C1CCN(c2cc3cc[nH]c3cc2F)C(=O)N1. The van der Waals surface area contributed by atoms with Crippen molar-refractivity contribution in [1.29, 1.82) is 0 Å². The van der Waals surface area contributed by atoms with Crippen molar-refractivity contribution in [3.8, 4) is 0 Å². The maximum absolute atomic E-state index is 13.9. The number of aromatic nitrogens is 1. The Balaban J connectivity index is 2.05. The highest BCUT2D eigenvalue weighted by molar-refractivity contribution is 6.06. The van der Waals surface area contributed by atoms with Crippen molar-refractivity contribution in [2.24, 2.45) is 0 Å². The first kappa shape index (κ1) is 10.8. The van der Waals surface area contributed by atoms with E-state index in [1.807, 2.05) is 0 Å². The first-order valence-corrected chi connectivity index (χ1v) is 5.53. The predicted octanol–water partition coefficient (Wildman–Crippen LogP) is 1.75. The molecule has 1 fully saturated rings. The van der Waals surface area contributed by atoms with Crippen LogP contribution in [-0.2, 0) is 4.79 Å². The quantitative estimate of drug-likeness (QED) is 0.806. The van der Waals surface area contributed by atoms with Crippen LogP contribution in [0.1, 0.15) is 6.42 Å². The maximum atomic E-state index is 13.9. The summed E-state index contributed by atoms with van der Waals surface area (Å²) in [7, 11) is 0. The van der Waals surface area contributed by atoms with E-state index in [-0.39, 0.29) is 24.6 Å². The molecule has 3 rings (SSSR count). The van der Waals surface area contributed by atoms with Crippen LogP contribution in [0.3, 0.4) is 0 Å². The third kappa shape index (κ3) is 1.62. The topological polar surface area (TPSA) is 65.2 Å². The van der Waals surface area contributed by atoms with E-state index >= 15 is 0 Å². The second kappa shape index (κ2) is 3.83. The van der Waals surface area contributed by atoms with Gasteiger partial charge in [-0.15, -0.1) is 0 Å². The fourth-order valence-corrected chi connectivity index (χ4v) is 2.06. The minimum atomic E-state index is -0.583. The van der Waals surface area contributed by atoms with Gasteiger partial charge in [-0.05, 0) is 12.1 Å². The molecule has 1 aromatic carbocycles. The molecular formula is C12H10FN3O2. The summed E-state index contributed by atoms with van der Waals surface area (Å²) in [6.45, 7) is 0.192. The van der Waals surface area contributed by atoms with Gasteiger partial charge in [0.15, 0.2) is 0 Å². The molecule has 2 aromatic rings. The monoisotopic (exact) mass is 247 g/mol. The Morgan fingerprint density at radius 2 is 2.11 bits per heavy atom. The first-order chi connectivity index (χ1) is 8.65. The third-order valence-corrected chi connectivity index (χ3v) is 2.97. The zero-order chi connectivity index (χ0) is 12.7. The van der Waals surface area contributed by atoms with E-state index in [4.69, 9.17) is 0 Å². The molecule has 2 heterocycles. The lowest BCUT2D eigenvalue weighted by molar-refractivity contribution is -0.120. The smallest absolute Gasteiger partial charge is 0.328 e. The Kier molecular flexibility index (Phi) is 2.29. The molecule has 6 heteroatoms. The van der Waals surface area contributed by atoms with Gasteiger partial charge in [0, 0.05) is 36.1 Å². The molecule has 0 spiro atoms. The number of rotatable bonds is 1. The van der Waals surface area contributed by atoms with Crippen LogP contribution < -0.4 is 10.2 Å². The fourth-order valence-electron chi connectivity index (χ4n) is 2.06. The average molecular weight is 247 g/mol. The van der Waals surface area contributed by atoms with E-state index in [0.717, 1.165) is 5.39 Å². The summed E-state index contributed by atoms with van der Waals surface area (Å²) in [5.74, 6) is -0.825. The lowest BCUT2D eigenvalue weighted by atomic mass is 10.2. The van der Waals surface area contributed by atoms with Crippen LogP contribution >= 0.6 is 0 Å². The summed E-state index contributed by atoms with van der Waals surface area (Å²) in [6.07, 6.45) is 1.88. The number of imide groups is 1. The lowest BCUT2D eigenvalue weighted by Gasteiger charge is -2.26. The molecule has 0 unspecified atom stereocenters. The van der Waals surface area contributed by atoms with E-state index in [1.165, 1.54) is 11.0 Å². The minimum Gasteiger partial charge on any atom is -0.361 e. The molecule has 3 amide bonds. The summed E-state index contributed by atoms with van der Waals surface area (Å²) < 4.78 is 13.9. The van der Waals surface area contributed by atoms with Gasteiger partial charge in [-0.2, -0.15) is 0 Å². The third-order valence-electron chi connectivity index (χ3n) is 2.97. The van der Waals surface area contributed by atoms with Crippen LogP contribution in [0.4, 0.5) is 14.9 Å². The van der Waals surface area contributed by atoms with Crippen molar-refractivity contribution in [2.75, 3.05) is 11.4 Å². The minimum absolute atomic E-state index is 0.177. The molecule has 1 aliphatic rings. The van der Waals surface area contributed by atoms with Gasteiger partial charge in [0.25, 0.3) is 0 Å². The van der Waals surface area contributed by atoms with Gasteiger partial charge in [-0.3, -0.25) is 15.0 Å². The van der Waals surface area contributed by atoms with Crippen molar-refractivity contribution in [3.05, 3.63) is 30.2 Å². The highest BCUT2D eigenvalue weighted by Gasteiger charge is 2.26. The number of urea groups is 1. The average Bonchev–Trinajstić information content (AvgIpc) is 2.75. The largest absolute Gasteiger partial charge is 0.361 e. The summed E-state index contributed by atoms with van der Waals surface area (Å²) in [4.78, 5) is 26.8. The number of hydrogen-bond donors (Lipinski definition) is 2. The number of aromatic amines is 1. The van der Waals surface area contributed by atoms with Crippen molar-refractivity contribution < 1.29 is 14.0 Å². The molecular weight excluding hydrogens is 237 g/mol. The fraction of sp³-hybridized carbons (Fsp3) is 0.167. The van der Waals surface area contributed by atoms with Crippen LogP contribution in [0, 0.1) is 5.82 Å². The van der Waals surface area contributed by atoms with E-state index in [0.29, 0.717) is 5.52 Å². The number of amides is 3. The summed E-state index contributed by atoms with van der Waals surface area (Å²) in [5, 5.41) is 2.99. The van der Waals surface area contributed by atoms with Crippen molar-refractivity contribution in [1.82, 2.24) is 10.3 Å². The van der Waals surface area contributed by atoms with E-state index < -0.39 is 11.8 Å². The number of fused-ring (bicyclic) bond motifs is 1. The zero-order valence-electron chi connectivity index (χ0n) is 9.37. The number of nitrogens with zero attached hydrogens (tertiary/aromatic N) is 1. The Bertz CT molecular complexity index is 650. The van der Waals surface area contributed by atoms with Gasteiger partial charge in [0.2, 0.25) is 5.91 Å². The molecule has 0 aliphatic carbocycles. The van der Waals surface area contributed by atoms with Crippen LogP contribution in [0.5, 0.6) is 0 Å². The second-order valence-corrected chi connectivity index (χ2v) is 4.12. The molecule has 1 aliphatic heterocycles. The van der Waals surface area contributed by atoms with Gasteiger partial charge in [-0.25, -0.2) is 9.18 Å². The Hall–Kier alpha value is -2.37. The van der Waals surface area contributed by atoms with Crippen molar-refractivity contribution >= 4 is 28.5 Å². The van der Waals surface area contributed by atoms with Crippen LogP contribution in [0.15, 0.2) is 24.4 Å². The Morgan fingerprint density at radius 3 is 2.89 bits per heavy atom. The van der Waals surface area contributed by atoms with E-state index in [1.54, 1.807) is 18.3 Å². The molecule has 0 saturated carbocycles. The second-order valence-electron chi connectivity index (χ2n) is 4.12. The molecule has 5 nitrogen and oxygen atoms in total. The van der Waals surface area contributed by atoms with Gasteiger partial charge in [0.05, 0.1) is 5.69 Å². The summed E-state index contributed by atoms with van der Waals surface area (Å²) in [5.41, 5.74) is 0.858. The molecule has 2 N–H and O–H groups in total. The molecule has 18 heavy (non-hydrogen) atoms. The Morgan fingerprint density at radius 1 is 1.28 bits per heavy atom. The normalized spacial score (nSPS) is 16.2. The summed E-state index contributed by atoms with van der Waals surface area (Å²) in [6, 6.07) is 4.15. The number of carbonyl (C=O) groups excluding carboxylic acids is 2. The number of benzene rings is 1. The van der Waals surface area contributed by atoms with Crippen molar-refractivity contribution in [3.63, 3.8) is 0 Å². The van der Waals surface area contributed by atoms with Gasteiger partial charge in [-0.1, -0.05) is 0 Å². The number of nitrogens with one attached hydrogen (secondary N) is 2. The number of H-pyrrole nitrogens is 1. The number of hydrogen-bond acceptors (Lipinski definition) is 2.